The molecule has 1 heterocycles. The van der Waals surface area contributed by atoms with E-state index < -0.39 is 5.82 Å². The summed E-state index contributed by atoms with van der Waals surface area (Å²) in [4.78, 5) is 18.2. The number of nitrogens with one attached hydrogen (secondary N) is 1. The molecule has 2 aromatic carbocycles. The smallest absolute Gasteiger partial charge is 0.258 e. The van der Waals surface area contributed by atoms with E-state index in [9.17, 15) is 9.18 Å². The Morgan fingerprint density at radius 2 is 2.05 bits per heavy atom. The molecule has 0 aliphatic heterocycles. The quantitative estimate of drug-likeness (QED) is 0.696. The molecule has 3 rings (SSSR count). The van der Waals surface area contributed by atoms with E-state index in [0.717, 1.165) is 0 Å². The van der Waals surface area contributed by atoms with Gasteiger partial charge >= 0.3 is 0 Å². The van der Waals surface area contributed by atoms with Gasteiger partial charge in [-0.2, -0.15) is 0 Å². The van der Waals surface area contributed by atoms with Crippen LogP contribution in [0.2, 0.25) is 0 Å². The van der Waals surface area contributed by atoms with Gasteiger partial charge in [-0.1, -0.05) is 0 Å². The fourth-order valence-corrected chi connectivity index (χ4v) is 2.20. The number of halogens is 2. The molecule has 0 spiro atoms. The highest BCUT2D eigenvalue weighted by Crippen LogP contribution is 2.34. The van der Waals surface area contributed by atoms with Gasteiger partial charge in [0, 0.05) is 12.1 Å². The van der Waals surface area contributed by atoms with Crippen molar-refractivity contribution in [2.24, 2.45) is 0 Å². The third kappa shape index (κ3) is 2.59. The molecule has 0 aliphatic carbocycles. The second-order valence-electron chi connectivity index (χ2n) is 4.32. The van der Waals surface area contributed by atoms with Gasteiger partial charge in [0.05, 0.1) is 27.4 Å². The minimum Gasteiger partial charge on any atom is -0.454 e. The summed E-state index contributed by atoms with van der Waals surface area (Å²) in [6.45, 7) is 0. The second kappa shape index (κ2) is 5.17. The number of aromatic nitrogens is 2. The summed E-state index contributed by atoms with van der Waals surface area (Å²) in [5, 5.41) is 0.362. The lowest BCUT2D eigenvalue weighted by Crippen LogP contribution is -2.07. The molecular formula is C14H9BrFN3O2. The number of nitrogens with zero attached hydrogens (tertiary/aromatic N) is 1. The highest BCUT2D eigenvalue weighted by molar-refractivity contribution is 9.10. The Labute approximate surface area is 126 Å². The van der Waals surface area contributed by atoms with Gasteiger partial charge in [-0.25, -0.2) is 9.37 Å². The van der Waals surface area contributed by atoms with Crippen molar-refractivity contribution in [2.45, 2.75) is 0 Å². The number of aromatic amines is 1. The number of rotatable bonds is 2. The van der Waals surface area contributed by atoms with Crippen molar-refractivity contribution in [3.63, 3.8) is 0 Å². The molecule has 0 saturated carbocycles. The Morgan fingerprint density at radius 1 is 1.24 bits per heavy atom. The maximum atomic E-state index is 13.3. The van der Waals surface area contributed by atoms with Gasteiger partial charge in [0.1, 0.15) is 11.6 Å². The number of ether oxygens (including phenoxy) is 1. The molecule has 0 fully saturated rings. The standard InChI is InChI=1S/C14H9BrFN3O2/c15-9-2-1-7(16)3-12(9)21-13-5-11-8(4-10(13)17)14(20)19-6-18-11/h1-6H,17H2,(H,18,19,20). The Balaban J connectivity index is 2.10. The van der Waals surface area contributed by atoms with Crippen LogP contribution in [-0.2, 0) is 0 Å². The number of benzene rings is 2. The number of H-pyrrole nitrogens is 1. The first kappa shape index (κ1) is 13.6. The average molecular weight is 350 g/mol. The monoisotopic (exact) mass is 349 g/mol. The molecule has 3 N–H and O–H groups in total. The molecule has 0 atom stereocenters. The molecule has 0 aliphatic rings. The van der Waals surface area contributed by atoms with Gasteiger partial charge in [-0.15, -0.1) is 0 Å². The molecule has 21 heavy (non-hydrogen) atoms. The summed E-state index contributed by atoms with van der Waals surface area (Å²) in [7, 11) is 0. The third-order valence-corrected chi connectivity index (χ3v) is 3.54. The van der Waals surface area contributed by atoms with Crippen molar-refractivity contribution >= 4 is 32.5 Å². The summed E-state index contributed by atoms with van der Waals surface area (Å²) in [5.41, 5.74) is 6.29. The Hall–Kier alpha value is -2.41. The third-order valence-electron chi connectivity index (χ3n) is 2.89. The molecule has 7 heteroatoms. The Kier molecular flexibility index (Phi) is 3.34. The topological polar surface area (TPSA) is 81.0 Å². The van der Waals surface area contributed by atoms with Crippen LogP contribution in [0, 0.1) is 5.82 Å². The number of nitrogen functional groups attached to an aromatic ring is 1. The highest BCUT2D eigenvalue weighted by Gasteiger charge is 2.10. The molecule has 106 valence electrons. The van der Waals surface area contributed by atoms with Crippen molar-refractivity contribution in [1.82, 2.24) is 9.97 Å². The summed E-state index contributed by atoms with van der Waals surface area (Å²) in [6.07, 6.45) is 1.29. The highest BCUT2D eigenvalue weighted by atomic mass is 79.9. The van der Waals surface area contributed by atoms with Crippen LogP contribution in [0.5, 0.6) is 11.5 Å². The molecule has 0 unspecified atom stereocenters. The SMILES string of the molecule is Nc1cc2c(=O)[nH]cnc2cc1Oc1cc(F)ccc1Br. The summed E-state index contributed by atoms with van der Waals surface area (Å²) >= 11 is 3.27. The van der Waals surface area contributed by atoms with E-state index in [1.165, 1.54) is 36.7 Å². The van der Waals surface area contributed by atoms with Crippen LogP contribution < -0.4 is 16.0 Å². The van der Waals surface area contributed by atoms with Gasteiger partial charge in [0.2, 0.25) is 0 Å². The van der Waals surface area contributed by atoms with Crippen LogP contribution >= 0.6 is 15.9 Å². The molecule has 0 amide bonds. The maximum absolute atomic E-state index is 13.3. The molecule has 0 radical (unpaired) electrons. The molecule has 0 saturated heterocycles. The zero-order valence-corrected chi connectivity index (χ0v) is 12.1. The Morgan fingerprint density at radius 3 is 2.86 bits per heavy atom. The van der Waals surface area contributed by atoms with Crippen molar-refractivity contribution in [1.29, 1.82) is 0 Å². The van der Waals surface area contributed by atoms with Gasteiger partial charge < -0.3 is 15.5 Å². The fourth-order valence-electron chi connectivity index (χ4n) is 1.87. The minimum atomic E-state index is -0.429. The maximum Gasteiger partial charge on any atom is 0.258 e. The summed E-state index contributed by atoms with van der Waals surface area (Å²) in [6, 6.07) is 7.09. The predicted molar refractivity (Wildman–Crippen MR) is 81.0 cm³/mol. The number of fused-ring (bicyclic) bond motifs is 1. The van der Waals surface area contributed by atoms with E-state index in [2.05, 4.69) is 25.9 Å². The Bertz CT molecular complexity index is 895. The first-order valence-corrected chi connectivity index (χ1v) is 6.74. The largest absolute Gasteiger partial charge is 0.454 e. The molecule has 1 aromatic heterocycles. The lowest BCUT2D eigenvalue weighted by molar-refractivity contribution is 0.476. The normalized spacial score (nSPS) is 10.8. The van der Waals surface area contributed by atoms with Crippen molar-refractivity contribution in [3.05, 3.63) is 57.3 Å². The van der Waals surface area contributed by atoms with E-state index in [-0.39, 0.29) is 17.0 Å². The number of hydrogen-bond acceptors (Lipinski definition) is 4. The first-order valence-electron chi connectivity index (χ1n) is 5.94. The van der Waals surface area contributed by atoms with E-state index in [0.29, 0.717) is 21.1 Å². The minimum absolute atomic E-state index is 0.261. The lowest BCUT2D eigenvalue weighted by atomic mass is 10.2. The predicted octanol–water partition coefficient (Wildman–Crippen LogP) is 3.20. The van der Waals surface area contributed by atoms with E-state index in [1.807, 2.05) is 0 Å². The van der Waals surface area contributed by atoms with Crippen molar-refractivity contribution in [3.8, 4) is 11.5 Å². The van der Waals surface area contributed by atoms with Gasteiger partial charge in [0.15, 0.2) is 5.75 Å². The van der Waals surface area contributed by atoms with Crippen LogP contribution in [0.15, 0.2) is 45.9 Å². The first-order chi connectivity index (χ1) is 10.0. The van der Waals surface area contributed by atoms with Crippen LogP contribution in [-0.4, -0.2) is 9.97 Å². The van der Waals surface area contributed by atoms with Crippen LogP contribution in [0.3, 0.4) is 0 Å². The summed E-state index contributed by atoms with van der Waals surface area (Å²) in [5.74, 6) is 0.153. The number of anilines is 1. The molecule has 3 aromatic rings. The second-order valence-corrected chi connectivity index (χ2v) is 5.17. The molecular weight excluding hydrogens is 341 g/mol. The summed E-state index contributed by atoms with van der Waals surface area (Å²) < 4.78 is 19.5. The number of hydrogen-bond donors (Lipinski definition) is 2. The van der Waals surface area contributed by atoms with Gasteiger partial charge in [-0.3, -0.25) is 4.79 Å². The van der Waals surface area contributed by atoms with E-state index >= 15 is 0 Å². The van der Waals surface area contributed by atoms with Crippen LogP contribution in [0.4, 0.5) is 10.1 Å². The van der Waals surface area contributed by atoms with Gasteiger partial charge in [-0.05, 0) is 34.1 Å². The van der Waals surface area contributed by atoms with Crippen LogP contribution in [0.25, 0.3) is 10.9 Å². The number of nitrogens with two attached hydrogens (primary N) is 1. The van der Waals surface area contributed by atoms with E-state index in [1.54, 1.807) is 0 Å². The zero-order valence-electron chi connectivity index (χ0n) is 10.6. The van der Waals surface area contributed by atoms with Crippen molar-refractivity contribution < 1.29 is 9.13 Å². The zero-order chi connectivity index (χ0) is 15.0. The molecule has 0 bridgehead atoms. The van der Waals surface area contributed by atoms with Crippen LogP contribution in [0.1, 0.15) is 0 Å². The average Bonchev–Trinajstić information content (AvgIpc) is 2.45. The lowest BCUT2D eigenvalue weighted by Gasteiger charge is -2.11. The molecule has 5 nitrogen and oxygen atoms in total. The van der Waals surface area contributed by atoms with Crippen molar-refractivity contribution in [2.75, 3.05) is 5.73 Å². The van der Waals surface area contributed by atoms with E-state index in [4.69, 9.17) is 10.5 Å². The fraction of sp³-hybridized carbons (Fsp3) is 0. The van der Waals surface area contributed by atoms with Gasteiger partial charge in [0.25, 0.3) is 5.56 Å².